The van der Waals surface area contributed by atoms with E-state index in [1.54, 1.807) is 7.11 Å². The number of ether oxygens (including phenoxy) is 1. The van der Waals surface area contributed by atoms with Crippen LogP contribution in [0.4, 0.5) is 0 Å². The molecule has 15 heavy (non-hydrogen) atoms. The van der Waals surface area contributed by atoms with Gasteiger partial charge in [-0.25, -0.2) is 0 Å². The lowest BCUT2D eigenvalue weighted by Crippen LogP contribution is -2.41. The molecule has 0 aliphatic heterocycles. The molecule has 0 aromatic carbocycles. The van der Waals surface area contributed by atoms with Gasteiger partial charge in [0.25, 0.3) is 0 Å². The summed E-state index contributed by atoms with van der Waals surface area (Å²) in [4.78, 5) is 0. The maximum absolute atomic E-state index is 5.44. The van der Waals surface area contributed by atoms with E-state index in [4.69, 9.17) is 4.74 Å². The zero-order chi connectivity index (χ0) is 11.7. The van der Waals surface area contributed by atoms with Gasteiger partial charge >= 0.3 is 0 Å². The van der Waals surface area contributed by atoms with Gasteiger partial charge in [-0.1, -0.05) is 33.6 Å². The van der Waals surface area contributed by atoms with Crippen molar-refractivity contribution >= 4 is 0 Å². The van der Waals surface area contributed by atoms with E-state index in [-0.39, 0.29) is 0 Å². The summed E-state index contributed by atoms with van der Waals surface area (Å²) in [6.07, 6.45) is 5.30. The van der Waals surface area contributed by atoms with Crippen molar-refractivity contribution in [2.24, 2.45) is 5.92 Å². The SMILES string of the molecule is CCCNC(CC(CC)CC)C(C)OC. The molecule has 92 valence electrons. The molecule has 0 aromatic rings. The molecule has 0 fully saturated rings. The molecule has 0 rings (SSSR count). The molecule has 0 saturated carbocycles. The van der Waals surface area contributed by atoms with Crippen LogP contribution in [0.2, 0.25) is 0 Å². The minimum Gasteiger partial charge on any atom is -0.380 e. The van der Waals surface area contributed by atoms with Crippen LogP contribution in [0.5, 0.6) is 0 Å². The predicted octanol–water partition coefficient (Wildman–Crippen LogP) is 3.22. The van der Waals surface area contributed by atoms with E-state index in [0.29, 0.717) is 12.1 Å². The van der Waals surface area contributed by atoms with Crippen molar-refractivity contribution in [3.8, 4) is 0 Å². The first-order valence-corrected chi connectivity index (χ1v) is 6.45. The summed E-state index contributed by atoms with van der Waals surface area (Å²) < 4.78 is 5.44. The van der Waals surface area contributed by atoms with Crippen LogP contribution in [0.25, 0.3) is 0 Å². The molecule has 2 nitrogen and oxygen atoms in total. The van der Waals surface area contributed by atoms with Crippen molar-refractivity contribution in [2.75, 3.05) is 13.7 Å². The van der Waals surface area contributed by atoms with E-state index in [1.165, 1.54) is 25.7 Å². The highest BCUT2D eigenvalue weighted by Gasteiger charge is 2.19. The highest BCUT2D eigenvalue weighted by Crippen LogP contribution is 2.17. The van der Waals surface area contributed by atoms with Crippen molar-refractivity contribution in [3.63, 3.8) is 0 Å². The molecule has 2 atom stereocenters. The molecule has 0 bridgehead atoms. The Balaban J connectivity index is 4.09. The van der Waals surface area contributed by atoms with Gasteiger partial charge in [-0.2, -0.15) is 0 Å². The molecule has 0 aromatic heterocycles. The van der Waals surface area contributed by atoms with Crippen molar-refractivity contribution in [1.82, 2.24) is 5.32 Å². The number of rotatable bonds is 9. The molecular formula is C13H29NO. The Hall–Kier alpha value is -0.0800. The van der Waals surface area contributed by atoms with Gasteiger partial charge in [0.2, 0.25) is 0 Å². The number of hydrogen-bond acceptors (Lipinski definition) is 2. The molecule has 0 aliphatic rings. The van der Waals surface area contributed by atoms with Crippen LogP contribution >= 0.6 is 0 Å². The van der Waals surface area contributed by atoms with Gasteiger partial charge in [-0.05, 0) is 32.2 Å². The smallest absolute Gasteiger partial charge is 0.0696 e. The molecule has 0 heterocycles. The molecule has 0 spiro atoms. The Morgan fingerprint density at radius 3 is 2.13 bits per heavy atom. The first-order valence-electron chi connectivity index (χ1n) is 6.45. The second-order valence-electron chi connectivity index (χ2n) is 4.42. The summed E-state index contributed by atoms with van der Waals surface area (Å²) in [5, 5.41) is 3.59. The summed E-state index contributed by atoms with van der Waals surface area (Å²) in [5.74, 6) is 0.831. The summed E-state index contributed by atoms with van der Waals surface area (Å²) in [6.45, 7) is 10.0. The Morgan fingerprint density at radius 2 is 1.73 bits per heavy atom. The predicted molar refractivity (Wildman–Crippen MR) is 67.2 cm³/mol. The van der Waals surface area contributed by atoms with Crippen LogP contribution in [0.15, 0.2) is 0 Å². The fourth-order valence-corrected chi connectivity index (χ4v) is 1.92. The van der Waals surface area contributed by atoms with Crippen LogP contribution in [-0.2, 0) is 4.74 Å². The summed E-state index contributed by atoms with van der Waals surface area (Å²) in [6, 6.07) is 0.514. The summed E-state index contributed by atoms with van der Waals surface area (Å²) >= 11 is 0. The van der Waals surface area contributed by atoms with E-state index in [1.807, 2.05) is 0 Å². The van der Waals surface area contributed by atoms with Crippen LogP contribution in [0, 0.1) is 5.92 Å². The fourth-order valence-electron chi connectivity index (χ4n) is 1.92. The maximum atomic E-state index is 5.44. The number of hydrogen-bond donors (Lipinski definition) is 1. The van der Waals surface area contributed by atoms with Gasteiger partial charge in [-0.15, -0.1) is 0 Å². The molecule has 2 unspecified atom stereocenters. The fraction of sp³-hybridized carbons (Fsp3) is 1.00. The lowest BCUT2D eigenvalue weighted by Gasteiger charge is -2.27. The molecule has 2 heteroatoms. The second-order valence-corrected chi connectivity index (χ2v) is 4.42. The highest BCUT2D eigenvalue weighted by molar-refractivity contribution is 4.76. The molecular weight excluding hydrogens is 186 g/mol. The standard InChI is InChI=1S/C13H29NO/c1-6-9-14-13(11(4)15-5)10-12(7-2)8-3/h11-14H,6-10H2,1-5H3. The van der Waals surface area contributed by atoms with Gasteiger partial charge in [0.1, 0.15) is 0 Å². The second kappa shape index (κ2) is 9.17. The van der Waals surface area contributed by atoms with Crippen LogP contribution in [-0.4, -0.2) is 25.8 Å². The summed E-state index contributed by atoms with van der Waals surface area (Å²) in [7, 11) is 1.80. The third kappa shape index (κ3) is 6.16. The van der Waals surface area contributed by atoms with E-state index >= 15 is 0 Å². The highest BCUT2D eigenvalue weighted by atomic mass is 16.5. The van der Waals surface area contributed by atoms with Gasteiger partial charge in [0, 0.05) is 13.2 Å². The lowest BCUT2D eigenvalue weighted by molar-refractivity contribution is 0.0732. The summed E-state index contributed by atoms with van der Waals surface area (Å²) in [5.41, 5.74) is 0. The van der Waals surface area contributed by atoms with Gasteiger partial charge in [-0.3, -0.25) is 0 Å². The van der Waals surface area contributed by atoms with Crippen molar-refractivity contribution in [3.05, 3.63) is 0 Å². The van der Waals surface area contributed by atoms with Crippen molar-refractivity contribution < 1.29 is 4.74 Å². The van der Waals surface area contributed by atoms with E-state index in [9.17, 15) is 0 Å². The Labute approximate surface area is 95.8 Å². The van der Waals surface area contributed by atoms with Crippen molar-refractivity contribution in [1.29, 1.82) is 0 Å². The van der Waals surface area contributed by atoms with E-state index in [0.717, 1.165) is 12.5 Å². The minimum absolute atomic E-state index is 0.317. The topological polar surface area (TPSA) is 21.3 Å². The monoisotopic (exact) mass is 215 g/mol. The van der Waals surface area contributed by atoms with E-state index in [2.05, 4.69) is 33.0 Å². The molecule has 1 N–H and O–H groups in total. The Kier molecular flexibility index (Phi) is 9.12. The molecule has 0 amide bonds. The van der Waals surface area contributed by atoms with Gasteiger partial charge in [0.05, 0.1) is 6.10 Å². The largest absolute Gasteiger partial charge is 0.380 e. The van der Waals surface area contributed by atoms with Gasteiger partial charge in [0.15, 0.2) is 0 Å². The quantitative estimate of drug-likeness (QED) is 0.637. The first kappa shape index (κ1) is 14.9. The lowest BCUT2D eigenvalue weighted by atomic mass is 9.92. The Bertz CT molecular complexity index is 134. The minimum atomic E-state index is 0.317. The zero-order valence-corrected chi connectivity index (χ0v) is 11.2. The van der Waals surface area contributed by atoms with Crippen LogP contribution in [0.1, 0.15) is 53.4 Å². The third-order valence-electron chi connectivity index (χ3n) is 3.34. The number of methoxy groups -OCH3 is 1. The zero-order valence-electron chi connectivity index (χ0n) is 11.2. The average molecular weight is 215 g/mol. The maximum Gasteiger partial charge on any atom is 0.0696 e. The van der Waals surface area contributed by atoms with E-state index < -0.39 is 0 Å². The Morgan fingerprint density at radius 1 is 1.13 bits per heavy atom. The average Bonchev–Trinajstić information content (AvgIpc) is 2.28. The van der Waals surface area contributed by atoms with Gasteiger partial charge < -0.3 is 10.1 Å². The van der Waals surface area contributed by atoms with Crippen molar-refractivity contribution in [2.45, 2.75) is 65.5 Å². The third-order valence-corrected chi connectivity index (χ3v) is 3.34. The molecule has 0 aliphatic carbocycles. The normalized spacial score (nSPS) is 15.6. The number of nitrogens with one attached hydrogen (secondary N) is 1. The first-order chi connectivity index (χ1) is 7.19. The van der Waals surface area contributed by atoms with Crippen LogP contribution in [0.3, 0.4) is 0 Å². The van der Waals surface area contributed by atoms with Crippen LogP contribution < -0.4 is 5.32 Å². The molecule has 0 saturated heterocycles. The molecule has 0 radical (unpaired) electrons.